The molecule has 166 valence electrons. The zero-order valence-corrected chi connectivity index (χ0v) is 18.2. The highest BCUT2D eigenvalue weighted by atomic mass is 16.5. The van der Waals surface area contributed by atoms with Crippen molar-refractivity contribution < 1.29 is 29.0 Å². The SMILES string of the molecule is CCOC(=O)c1cc2c(C)n(-c3ccc(C(=O)O)cc3)c(C)c2cc(C(=O)OCC)c1=O. The van der Waals surface area contributed by atoms with Crippen LogP contribution >= 0.6 is 0 Å². The number of fused-ring (bicyclic) bond motifs is 1. The average Bonchev–Trinajstić information content (AvgIpc) is 2.88. The van der Waals surface area contributed by atoms with E-state index in [2.05, 4.69) is 0 Å². The molecule has 0 aliphatic carbocycles. The lowest BCUT2D eigenvalue weighted by Crippen LogP contribution is -2.22. The number of carboxylic acids is 1. The largest absolute Gasteiger partial charge is 0.478 e. The second-order valence-electron chi connectivity index (χ2n) is 7.07. The number of aromatic carboxylic acids is 1. The highest BCUT2D eigenvalue weighted by Gasteiger charge is 2.23. The average molecular weight is 437 g/mol. The molecule has 0 amide bonds. The normalized spacial score (nSPS) is 10.8. The van der Waals surface area contributed by atoms with E-state index >= 15 is 0 Å². The van der Waals surface area contributed by atoms with Gasteiger partial charge in [-0.05, 0) is 64.1 Å². The molecule has 0 saturated heterocycles. The summed E-state index contributed by atoms with van der Waals surface area (Å²) >= 11 is 0. The number of carbonyl (C=O) groups excluding carboxylic acids is 2. The maximum Gasteiger partial charge on any atom is 0.342 e. The predicted molar refractivity (Wildman–Crippen MR) is 118 cm³/mol. The van der Waals surface area contributed by atoms with Gasteiger partial charge in [0.05, 0.1) is 18.8 Å². The standard InChI is InChI=1S/C24H23NO7/c1-5-31-23(29)19-11-17-13(3)25(16-9-7-15(8-10-16)22(27)28)14(4)18(17)12-20(21(19)26)24(30)32-6-2/h7-12H,5-6H2,1-4H3,(H,27,28). The number of ether oxygens (including phenoxy) is 2. The van der Waals surface area contributed by atoms with Crippen LogP contribution in [0.2, 0.25) is 0 Å². The summed E-state index contributed by atoms with van der Waals surface area (Å²) in [6.07, 6.45) is 0. The van der Waals surface area contributed by atoms with Gasteiger partial charge >= 0.3 is 17.9 Å². The summed E-state index contributed by atoms with van der Waals surface area (Å²) in [7, 11) is 0. The van der Waals surface area contributed by atoms with E-state index in [4.69, 9.17) is 14.6 Å². The van der Waals surface area contributed by atoms with Crippen molar-refractivity contribution in [3.63, 3.8) is 0 Å². The van der Waals surface area contributed by atoms with E-state index in [1.807, 2.05) is 18.4 Å². The molecule has 0 saturated carbocycles. The molecule has 1 heterocycles. The minimum absolute atomic E-state index is 0.0731. The molecule has 0 spiro atoms. The quantitative estimate of drug-likeness (QED) is 0.586. The van der Waals surface area contributed by atoms with Gasteiger partial charge in [0.1, 0.15) is 11.1 Å². The Hall–Kier alpha value is -3.94. The van der Waals surface area contributed by atoms with Crippen LogP contribution in [0, 0.1) is 13.8 Å². The highest BCUT2D eigenvalue weighted by molar-refractivity contribution is 6.01. The smallest absolute Gasteiger partial charge is 0.342 e. The van der Waals surface area contributed by atoms with E-state index in [1.165, 1.54) is 24.3 Å². The number of hydrogen-bond acceptors (Lipinski definition) is 6. The molecule has 8 heteroatoms. The molecule has 0 aliphatic heterocycles. The van der Waals surface area contributed by atoms with Crippen molar-refractivity contribution in [2.75, 3.05) is 13.2 Å². The number of aryl methyl sites for hydroxylation is 2. The number of carbonyl (C=O) groups is 3. The van der Waals surface area contributed by atoms with Gasteiger partial charge < -0.3 is 19.1 Å². The van der Waals surface area contributed by atoms with E-state index < -0.39 is 23.3 Å². The second kappa shape index (κ2) is 9.05. The Labute approximate surface area is 184 Å². The first-order valence-electron chi connectivity index (χ1n) is 10.1. The van der Waals surface area contributed by atoms with Gasteiger partial charge in [-0.15, -0.1) is 0 Å². The molecule has 32 heavy (non-hydrogen) atoms. The number of carboxylic acid groups (broad SMARTS) is 1. The third-order valence-electron chi connectivity index (χ3n) is 5.17. The second-order valence-corrected chi connectivity index (χ2v) is 7.07. The van der Waals surface area contributed by atoms with Gasteiger partial charge in [0, 0.05) is 27.8 Å². The summed E-state index contributed by atoms with van der Waals surface area (Å²) in [6, 6.07) is 9.18. The molecule has 0 atom stereocenters. The van der Waals surface area contributed by atoms with E-state index in [-0.39, 0.29) is 29.9 Å². The Kier molecular flexibility index (Phi) is 6.43. The lowest BCUT2D eigenvalue weighted by molar-refractivity contribution is 0.0522. The van der Waals surface area contributed by atoms with Crippen molar-refractivity contribution in [3.05, 3.63) is 74.7 Å². The molecule has 2 aromatic carbocycles. The van der Waals surface area contributed by atoms with Crippen molar-refractivity contribution in [1.82, 2.24) is 4.57 Å². The van der Waals surface area contributed by atoms with Crippen molar-refractivity contribution >= 4 is 28.7 Å². The molecule has 0 bridgehead atoms. The van der Waals surface area contributed by atoms with Gasteiger partial charge in [-0.2, -0.15) is 0 Å². The van der Waals surface area contributed by atoms with E-state index in [0.29, 0.717) is 27.8 Å². The zero-order valence-electron chi connectivity index (χ0n) is 18.2. The van der Waals surface area contributed by atoms with Crippen LogP contribution in [0.3, 0.4) is 0 Å². The monoisotopic (exact) mass is 437 g/mol. The fraction of sp³-hybridized carbons (Fsp3) is 0.250. The van der Waals surface area contributed by atoms with E-state index in [9.17, 15) is 19.2 Å². The first-order valence-corrected chi connectivity index (χ1v) is 10.1. The number of esters is 2. The molecule has 0 fully saturated rings. The fourth-order valence-electron chi connectivity index (χ4n) is 3.67. The Morgan fingerprint density at radius 1 is 0.844 bits per heavy atom. The van der Waals surface area contributed by atoms with Crippen molar-refractivity contribution in [2.24, 2.45) is 0 Å². The molecular formula is C24H23NO7. The summed E-state index contributed by atoms with van der Waals surface area (Å²) in [5.41, 5.74) is 0.985. The molecular weight excluding hydrogens is 414 g/mol. The van der Waals surface area contributed by atoms with Crippen molar-refractivity contribution in [3.8, 4) is 5.69 Å². The van der Waals surface area contributed by atoms with Gasteiger partial charge in [0.25, 0.3) is 0 Å². The minimum atomic E-state index is -1.03. The number of rotatable bonds is 6. The number of hydrogen-bond donors (Lipinski definition) is 1. The first-order chi connectivity index (χ1) is 15.2. The van der Waals surface area contributed by atoms with Crippen molar-refractivity contribution in [2.45, 2.75) is 27.7 Å². The van der Waals surface area contributed by atoms with Gasteiger partial charge in [0.2, 0.25) is 5.43 Å². The van der Waals surface area contributed by atoms with Gasteiger partial charge in [-0.3, -0.25) is 4.79 Å². The number of aromatic nitrogens is 1. The predicted octanol–water partition coefficient (Wildman–Crippen LogP) is 3.66. The Balaban J connectivity index is 2.37. The van der Waals surface area contributed by atoms with Gasteiger partial charge in [0.15, 0.2) is 0 Å². The van der Waals surface area contributed by atoms with Crippen LogP contribution in [-0.4, -0.2) is 40.8 Å². The summed E-state index contributed by atoms with van der Waals surface area (Å²) < 4.78 is 11.9. The van der Waals surface area contributed by atoms with Crippen molar-refractivity contribution in [1.29, 1.82) is 0 Å². The van der Waals surface area contributed by atoms with Gasteiger partial charge in [-0.1, -0.05) is 0 Å². The van der Waals surface area contributed by atoms with Crippen LogP contribution in [0.5, 0.6) is 0 Å². The molecule has 0 unspecified atom stereocenters. The topological polar surface area (TPSA) is 112 Å². The summed E-state index contributed by atoms with van der Waals surface area (Å²) in [5, 5.41) is 10.3. The maximum atomic E-state index is 13.0. The molecule has 3 aromatic rings. The Bertz CT molecular complexity index is 1220. The summed E-state index contributed by atoms with van der Waals surface area (Å²) in [5.74, 6) is -2.68. The lowest BCUT2D eigenvalue weighted by Gasteiger charge is -2.10. The molecule has 1 N–H and O–H groups in total. The molecule has 8 nitrogen and oxygen atoms in total. The molecule has 0 radical (unpaired) electrons. The summed E-state index contributed by atoms with van der Waals surface area (Å²) in [4.78, 5) is 49.2. The highest BCUT2D eigenvalue weighted by Crippen LogP contribution is 2.29. The molecule has 3 rings (SSSR count). The van der Waals surface area contributed by atoms with Crippen LogP contribution in [-0.2, 0) is 9.47 Å². The van der Waals surface area contributed by atoms with E-state index in [1.54, 1.807) is 26.0 Å². The summed E-state index contributed by atoms with van der Waals surface area (Å²) in [6.45, 7) is 7.01. The van der Waals surface area contributed by atoms with Gasteiger partial charge in [-0.25, -0.2) is 14.4 Å². The maximum absolute atomic E-state index is 13.0. The fourth-order valence-corrected chi connectivity index (χ4v) is 3.67. The molecule has 1 aromatic heterocycles. The van der Waals surface area contributed by atoms with Crippen LogP contribution in [0.1, 0.15) is 56.3 Å². The van der Waals surface area contributed by atoms with Crippen LogP contribution in [0.15, 0.2) is 41.2 Å². The minimum Gasteiger partial charge on any atom is -0.478 e. The van der Waals surface area contributed by atoms with Crippen LogP contribution in [0.25, 0.3) is 16.5 Å². The third-order valence-corrected chi connectivity index (χ3v) is 5.17. The lowest BCUT2D eigenvalue weighted by atomic mass is 10.2. The third kappa shape index (κ3) is 3.99. The number of benzene rings is 1. The first kappa shape index (κ1) is 22.7. The van der Waals surface area contributed by atoms with Crippen LogP contribution < -0.4 is 5.43 Å². The Morgan fingerprint density at radius 3 is 1.66 bits per heavy atom. The molecule has 0 aliphatic rings. The van der Waals surface area contributed by atoms with E-state index in [0.717, 1.165) is 0 Å². The zero-order chi connectivity index (χ0) is 23.6. The Morgan fingerprint density at radius 2 is 1.28 bits per heavy atom. The number of nitrogens with zero attached hydrogens (tertiary/aromatic N) is 1. The van der Waals surface area contributed by atoms with Crippen LogP contribution in [0.4, 0.5) is 0 Å².